The van der Waals surface area contributed by atoms with Crippen LogP contribution in [0.5, 0.6) is 0 Å². The molecule has 0 unspecified atom stereocenters. The van der Waals surface area contributed by atoms with Gasteiger partial charge in [-0.2, -0.15) is 0 Å². The highest BCUT2D eigenvalue weighted by atomic mass is 16.6. The number of fused-ring (bicyclic) bond motifs is 3. The fraction of sp³-hybridized carbons (Fsp3) is 0.667. The molecule has 1 aromatic carbocycles. The SMILES string of the molecule is CC(C)(C)OC(=O)NCCC[C@@H]1Nc2ccccc2[C@@H]2[C@H]1CCN2C(=O)OC(C)(C)C. The Morgan fingerprint density at radius 2 is 1.77 bits per heavy atom. The summed E-state index contributed by atoms with van der Waals surface area (Å²) in [5.74, 6) is 0.309. The van der Waals surface area contributed by atoms with Crippen molar-refractivity contribution in [2.75, 3.05) is 18.4 Å². The van der Waals surface area contributed by atoms with Crippen molar-refractivity contribution in [3.8, 4) is 0 Å². The van der Waals surface area contributed by atoms with Crippen LogP contribution in [-0.2, 0) is 9.47 Å². The van der Waals surface area contributed by atoms with Gasteiger partial charge >= 0.3 is 12.2 Å². The second-order valence-electron chi connectivity index (χ2n) is 10.5. The number of nitrogens with zero attached hydrogens (tertiary/aromatic N) is 1. The molecule has 7 nitrogen and oxygen atoms in total. The maximum atomic E-state index is 12.9. The molecule has 1 aromatic rings. The van der Waals surface area contributed by atoms with Crippen molar-refractivity contribution >= 4 is 17.9 Å². The molecule has 3 rings (SSSR count). The molecule has 2 heterocycles. The number of ether oxygens (including phenoxy) is 2. The van der Waals surface area contributed by atoms with E-state index in [1.54, 1.807) is 0 Å². The molecule has 1 fully saturated rings. The maximum absolute atomic E-state index is 12.9. The number of alkyl carbamates (subject to hydrolysis) is 1. The number of hydrogen-bond acceptors (Lipinski definition) is 5. The minimum Gasteiger partial charge on any atom is -0.444 e. The second kappa shape index (κ2) is 8.97. The first-order chi connectivity index (χ1) is 14.4. The molecule has 0 radical (unpaired) electrons. The molecule has 3 atom stereocenters. The third-order valence-electron chi connectivity index (χ3n) is 5.57. The molecule has 2 aliphatic rings. The first kappa shape index (κ1) is 23.2. The van der Waals surface area contributed by atoms with E-state index in [-0.39, 0.29) is 24.3 Å². The van der Waals surface area contributed by atoms with Crippen molar-refractivity contribution in [2.45, 2.75) is 84.1 Å². The zero-order valence-corrected chi connectivity index (χ0v) is 19.7. The number of para-hydroxylation sites is 1. The van der Waals surface area contributed by atoms with E-state index in [1.807, 2.05) is 58.6 Å². The smallest absolute Gasteiger partial charge is 0.410 e. The van der Waals surface area contributed by atoms with E-state index in [2.05, 4.69) is 22.8 Å². The van der Waals surface area contributed by atoms with Crippen LogP contribution in [0.2, 0.25) is 0 Å². The zero-order chi connectivity index (χ0) is 22.8. The number of nitrogens with one attached hydrogen (secondary N) is 2. The van der Waals surface area contributed by atoms with Crippen molar-refractivity contribution < 1.29 is 19.1 Å². The highest BCUT2D eigenvalue weighted by molar-refractivity contribution is 5.71. The summed E-state index contributed by atoms with van der Waals surface area (Å²) < 4.78 is 11.0. The number of hydrogen-bond donors (Lipinski definition) is 2. The molecule has 0 aromatic heterocycles. The lowest BCUT2D eigenvalue weighted by Gasteiger charge is -2.40. The third kappa shape index (κ3) is 6.05. The number of amides is 2. The van der Waals surface area contributed by atoms with E-state index < -0.39 is 11.2 Å². The molecular weight excluding hydrogens is 394 g/mol. The average molecular weight is 432 g/mol. The third-order valence-corrected chi connectivity index (χ3v) is 5.57. The summed E-state index contributed by atoms with van der Waals surface area (Å²) in [5, 5.41) is 6.52. The molecule has 7 heteroatoms. The van der Waals surface area contributed by atoms with Crippen LogP contribution < -0.4 is 10.6 Å². The van der Waals surface area contributed by atoms with Gasteiger partial charge in [-0.3, -0.25) is 0 Å². The van der Waals surface area contributed by atoms with Gasteiger partial charge in [0.1, 0.15) is 11.2 Å². The van der Waals surface area contributed by atoms with Crippen LogP contribution in [0.1, 0.15) is 72.4 Å². The van der Waals surface area contributed by atoms with E-state index in [4.69, 9.17) is 9.47 Å². The van der Waals surface area contributed by atoms with Gasteiger partial charge in [0, 0.05) is 30.7 Å². The lowest BCUT2D eigenvalue weighted by Crippen LogP contribution is -2.43. The van der Waals surface area contributed by atoms with Gasteiger partial charge in [0.2, 0.25) is 0 Å². The summed E-state index contributed by atoms with van der Waals surface area (Å²) in [6.45, 7) is 12.5. The van der Waals surface area contributed by atoms with E-state index in [9.17, 15) is 9.59 Å². The monoisotopic (exact) mass is 431 g/mol. The lowest BCUT2D eigenvalue weighted by molar-refractivity contribution is 0.0197. The van der Waals surface area contributed by atoms with Crippen molar-refractivity contribution in [3.63, 3.8) is 0 Å². The summed E-state index contributed by atoms with van der Waals surface area (Å²) in [5.41, 5.74) is 1.21. The molecule has 2 N–H and O–H groups in total. The second-order valence-corrected chi connectivity index (χ2v) is 10.5. The lowest BCUT2D eigenvalue weighted by atomic mass is 9.81. The summed E-state index contributed by atoms with van der Waals surface area (Å²) in [6.07, 6.45) is 2.02. The Bertz CT molecular complexity index is 797. The number of carbonyl (C=O) groups is 2. The highest BCUT2D eigenvalue weighted by Gasteiger charge is 2.46. The summed E-state index contributed by atoms with van der Waals surface area (Å²) in [7, 11) is 0. The molecule has 2 aliphatic heterocycles. The number of anilines is 1. The van der Waals surface area contributed by atoms with Gasteiger partial charge < -0.3 is 25.0 Å². The molecule has 0 saturated carbocycles. The molecule has 0 spiro atoms. The maximum Gasteiger partial charge on any atom is 0.410 e. The van der Waals surface area contributed by atoms with E-state index in [0.717, 1.165) is 30.5 Å². The van der Waals surface area contributed by atoms with Crippen molar-refractivity contribution in [3.05, 3.63) is 29.8 Å². The summed E-state index contributed by atoms with van der Waals surface area (Å²) in [6, 6.07) is 8.45. The minimum atomic E-state index is -0.520. The molecule has 172 valence electrons. The molecular formula is C24H37N3O4. The number of carbonyl (C=O) groups excluding carboxylic acids is 2. The van der Waals surface area contributed by atoms with E-state index >= 15 is 0 Å². The number of benzene rings is 1. The van der Waals surface area contributed by atoms with Crippen LogP contribution in [0.4, 0.5) is 15.3 Å². The van der Waals surface area contributed by atoms with Crippen LogP contribution in [0.25, 0.3) is 0 Å². The van der Waals surface area contributed by atoms with Gasteiger partial charge in [0.15, 0.2) is 0 Å². The molecule has 1 saturated heterocycles. The molecule has 0 aliphatic carbocycles. The van der Waals surface area contributed by atoms with Crippen LogP contribution >= 0.6 is 0 Å². The van der Waals surface area contributed by atoms with Crippen LogP contribution in [0, 0.1) is 5.92 Å². The topological polar surface area (TPSA) is 79.9 Å². The van der Waals surface area contributed by atoms with Crippen LogP contribution in [0.3, 0.4) is 0 Å². The quantitative estimate of drug-likeness (QED) is 0.650. The predicted octanol–water partition coefficient (Wildman–Crippen LogP) is 5.08. The van der Waals surface area contributed by atoms with Gasteiger partial charge in [-0.1, -0.05) is 18.2 Å². The largest absolute Gasteiger partial charge is 0.444 e. The van der Waals surface area contributed by atoms with Crippen molar-refractivity contribution in [2.24, 2.45) is 5.92 Å². The number of likely N-dealkylation sites (tertiary alicyclic amines) is 1. The van der Waals surface area contributed by atoms with Crippen molar-refractivity contribution in [1.29, 1.82) is 0 Å². The average Bonchev–Trinajstić information content (AvgIpc) is 3.08. The Labute approximate surface area is 185 Å². The van der Waals surface area contributed by atoms with Crippen LogP contribution in [-0.4, -0.2) is 47.4 Å². The predicted molar refractivity (Wildman–Crippen MR) is 121 cm³/mol. The zero-order valence-electron chi connectivity index (χ0n) is 19.7. The molecule has 31 heavy (non-hydrogen) atoms. The summed E-state index contributed by atoms with van der Waals surface area (Å²) >= 11 is 0. The van der Waals surface area contributed by atoms with Gasteiger partial charge in [-0.15, -0.1) is 0 Å². The van der Waals surface area contributed by atoms with Gasteiger partial charge in [-0.05, 0) is 72.4 Å². The Balaban J connectivity index is 1.65. The van der Waals surface area contributed by atoms with Crippen LogP contribution in [0.15, 0.2) is 24.3 Å². The molecule has 2 amide bonds. The van der Waals surface area contributed by atoms with E-state index in [1.165, 1.54) is 0 Å². The summed E-state index contributed by atoms with van der Waals surface area (Å²) in [4.78, 5) is 26.7. The Hall–Kier alpha value is -2.44. The Kier molecular flexibility index (Phi) is 6.72. The first-order valence-electron chi connectivity index (χ1n) is 11.3. The first-order valence-corrected chi connectivity index (χ1v) is 11.3. The normalized spacial score (nSPS) is 22.8. The van der Waals surface area contributed by atoms with Gasteiger partial charge in [0.25, 0.3) is 0 Å². The number of rotatable bonds is 4. The van der Waals surface area contributed by atoms with Crippen molar-refractivity contribution in [1.82, 2.24) is 10.2 Å². The van der Waals surface area contributed by atoms with Gasteiger partial charge in [-0.25, -0.2) is 9.59 Å². The van der Waals surface area contributed by atoms with Gasteiger partial charge in [0.05, 0.1) is 6.04 Å². The molecule has 0 bridgehead atoms. The highest BCUT2D eigenvalue weighted by Crippen LogP contribution is 2.47. The standard InChI is InChI=1S/C24H37N3O4/c1-23(2,3)30-21(28)25-14-9-12-19-17-13-15-27(22(29)31-24(4,5)6)20(17)16-10-7-8-11-18(16)26-19/h7-8,10-11,17,19-20,26H,9,12-15H2,1-6H3,(H,25,28)/t17-,19-,20+/m0/s1. The van der Waals surface area contributed by atoms with E-state index in [0.29, 0.717) is 19.0 Å². The fourth-order valence-corrected chi connectivity index (χ4v) is 4.47. The minimum absolute atomic E-state index is 0.0103. The Morgan fingerprint density at radius 1 is 1.10 bits per heavy atom. The fourth-order valence-electron chi connectivity index (χ4n) is 4.47. The Morgan fingerprint density at radius 3 is 2.45 bits per heavy atom.